The summed E-state index contributed by atoms with van der Waals surface area (Å²) < 4.78 is 0. The average Bonchev–Trinajstić information content (AvgIpc) is 2.48. The van der Waals surface area contributed by atoms with Crippen LogP contribution in [0.25, 0.3) is 0 Å². The molecule has 0 aromatic rings. The highest BCUT2D eigenvalue weighted by molar-refractivity contribution is 4.66. The maximum Gasteiger partial charge on any atom is -0.0417 e. The second-order valence-corrected chi connectivity index (χ2v) is 7.32. The molecule has 0 saturated heterocycles. The van der Waals surface area contributed by atoms with E-state index in [1.54, 1.807) is 0 Å². The number of rotatable bonds is 3. The molecule has 0 heterocycles. The Bertz CT molecular complexity index is 188. The first-order valence-electron chi connectivity index (χ1n) is 9.80. The van der Waals surface area contributed by atoms with Crippen LogP contribution in [0.5, 0.6) is 0 Å². The predicted molar refractivity (Wildman–Crippen MR) is 92.1 cm³/mol. The van der Waals surface area contributed by atoms with E-state index in [0.29, 0.717) is 0 Å². The highest BCUT2D eigenvalue weighted by atomic mass is 14.2. The Morgan fingerprint density at radius 3 is 1.05 bits per heavy atom. The molecular weight excluding hydrogens is 240 g/mol. The van der Waals surface area contributed by atoms with Gasteiger partial charge >= 0.3 is 0 Å². The Labute approximate surface area is 129 Å². The molecule has 1 rings (SSSR count). The van der Waals surface area contributed by atoms with Crippen LogP contribution < -0.4 is 0 Å². The van der Waals surface area contributed by atoms with Gasteiger partial charge in [0.25, 0.3) is 0 Å². The summed E-state index contributed by atoms with van der Waals surface area (Å²) >= 11 is 0. The summed E-state index contributed by atoms with van der Waals surface area (Å²) in [6, 6.07) is 0. The van der Waals surface area contributed by atoms with E-state index in [4.69, 9.17) is 0 Å². The van der Waals surface area contributed by atoms with Crippen molar-refractivity contribution in [3.63, 3.8) is 0 Å². The van der Waals surface area contributed by atoms with Crippen LogP contribution in [-0.4, -0.2) is 0 Å². The fourth-order valence-corrected chi connectivity index (χ4v) is 4.09. The van der Waals surface area contributed by atoms with Gasteiger partial charge in [-0.1, -0.05) is 111 Å². The van der Waals surface area contributed by atoms with Gasteiger partial charge in [-0.05, 0) is 17.8 Å². The molecule has 0 aromatic heterocycles. The van der Waals surface area contributed by atoms with Gasteiger partial charge < -0.3 is 0 Å². The average molecular weight is 281 g/mol. The normalized spacial score (nSPS) is 31.6. The molecular formula is C20H40. The van der Waals surface area contributed by atoms with Gasteiger partial charge in [0.15, 0.2) is 0 Å². The van der Waals surface area contributed by atoms with Crippen molar-refractivity contribution in [2.24, 2.45) is 17.8 Å². The first kappa shape index (κ1) is 18.1. The van der Waals surface area contributed by atoms with Gasteiger partial charge in [-0.15, -0.1) is 0 Å². The quantitative estimate of drug-likeness (QED) is 0.506. The summed E-state index contributed by atoms with van der Waals surface area (Å²) in [6.07, 6.45) is 20.7. The zero-order valence-electron chi connectivity index (χ0n) is 14.6. The fraction of sp³-hybridized carbons (Fsp3) is 1.00. The molecule has 0 aromatic carbocycles. The summed E-state index contributed by atoms with van der Waals surface area (Å²) in [5, 5.41) is 0. The molecule has 0 N–H and O–H groups in total. The van der Waals surface area contributed by atoms with Gasteiger partial charge in [-0.25, -0.2) is 0 Å². The van der Waals surface area contributed by atoms with E-state index >= 15 is 0 Å². The molecule has 0 spiro atoms. The van der Waals surface area contributed by atoms with Crippen molar-refractivity contribution in [3.8, 4) is 0 Å². The van der Waals surface area contributed by atoms with Crippen LogP contribution in [-0.2, 0) is 0 Å². The third kappa shape index (κ3) is 7.70. The highest BCUT2D eigenvalue weighted by Crippen LogP contribution is 2.28. The maximum atomic E-state index is 2.41. The lowest BCUT2D eigenvalue weighted by Crippen LogP contribution is -2.06. The summed E-state index contributed by atoms with van der Waals surface area (Å²) in [4.78, 5) is 0. The van der Waals surface area contributed by atoms with E-state index in [1.165, 1.54) is 89.9 Å². The molecule has 2 unspecified atom stereocenters. The molecule has 120 valence electrons. The van der Waals surface area contributed by atoms with Crippen molar-refractivity contribution < 1.29 is 0 Å². The molecule has 0 bridgehead atoms. The van der Waals surface area contributed by atoms with E-state index in [9.17, 15) is 0 Å². The molecule has 0 heteroatoms. The topological polar surface area (TPSA) is 0 Å². The maximum absolute atomic E-state index is 2.41. The fourth-order valence-electron chi connectivity index (χ4n) is 4.09. The number of hydrogen-bond acceptors (Lipinski definition) is 0. The molecule has 0 amide bonds. The van der Waals surface area contributed by atoms with Crippen LogP contribution in [0.2, 0.25) is 0 Å². The summed E-state index contributed by atoms with van der Waals surface area (Å²) in [7, 11) is 0. The van der Waals surface area contributed by atoms with Crippen molar-refractivity contribution in [3.05, 3.63) is 0 Å². The van der Waals surface area contributed by atoms with E-state index < -0.39 is 0 Å². The van der Waals surface area contributed by atoms with Crippen molar-refractivity contribution in [2.45, 2.75) is 111 Å². The van der Waals surface area contributed by atoms with Gasteiger partial charge in [0, 0.05) is 0 Å². The van der Waals surface area contributed by atoms with Gasteiger partial charge in [0.05, 0.1) is 0 Å². The molecule has 1 fully saturated rings. The second-order valence-electron chi connectivity index (χ2n) is 7.32. The Morgan fingerprint density at radius 1 is 0.450 bits per heavy atom. The Kier molecular flexibility index (Phi) is 10.5. The van der Waals surface area contributed by atoms with Crippen LogP contribution in [0, 0.1) is 17.8 Å². The van der Waals surface area contributed by atoms with Crippen LogP contribution in [0.3, 0.4) is 0 Å². The molecule has 1 aliphatic rings. The lowest BCUT2D eigenvalue weighted by Gasteiger charge is -2.21. The molecule has 0 aliphatic heterocycles. The minimum Gasteiger partial charge on any atom is -0.0651 e. The van der Waals surface area contributed by atoms with Crippen LogP contribution in [0.1, 0.15) is 111 Å². The summed E-state index contributed by atoms with van der Waals surface area (Å²) in [6.45, 7) is 7.21. The van der Waals surface area contributed by atoms with Gasteiger partial charge in [0.2, 0.25) is 0 Å². The first-order valence-corrected chi connectivity index (χ1v) is 9.80. The largest absolute Gasteiger partial charge is 0.0651 e. The Hall–Kier alpha value is 0. The van der Waals surface area contributed by atoms with Gasteiger partial charge in [-0.3, -0.25) is 0 Å². The third-order valence-electron chi connectivity index (χ3n) is 5.91. The Morgan fingerprint density at radius 2 is 0.750 bits per heavy atom. The monoisotopic (exact) mass is 280 g/mol. The van der Waals surface area contributed by atoms with E-state index in [0.717, 1.165) is 17.8 Å². The molecule has 0 radical (unpaired) electrons. The standard InChI is InChI=1S/C20H40/c1-4-18-12-8-7-9-13-19(5-2)15-11-17-20(6-3)16-10-14-18/h18-20H,4-17H2,1-3H3. The SMILES string of the molecule is CCC1CCCCCC(CC)CCCC(CC)CCC1. The van der Waals surface area contributed by atoms with Crippen molar-refractivity contribution in [2.75, 3.05) is 0 Å². The van der Waals surface area contributed by atoms with E-state index in [1.807, 2.05) is 0 Å². The van der Waals surface area contributed by atoms with Crippen molar-refractivity contribution in [1.29, 1.82) is 0 Å². The molecule has 2 atom stereocenters. The summed E-state index contributed by atoms with van der Waals surface area (Å²) in [5.41, 5.74) is 0. The molecule has 20 heavy (non-hydrogen) atoms. The van der Waals surface area contributed by atoms with Gasteiger partial charge in [-0.2, -0.15) is 0 Å². The van der Waals surface area contributed by atoms with Crippen LogP contribution in [0.4, 0.5) is 0 Å². The van der Waals surface area contributed by atoms with Crippen molar-refractivity contribution >= 4 is 0 Å². The molecule has 0 nitrogen and oxygen atoms in total. The third-order valence-corrected chi connectivity index (χ3v) is 5.91. The van der Waals surface area contributed by atoms with Crippen LogP contribution >= 0.6 is 0 Å². The zero-order valence-corrected chi connectivity index (χ0v) is 14.6. The smallest absolute Gasteiger partial charge is 0.0417 e. The Balaban J connectivity index is 2.43. The van der Waals surface area contributed by atoms with Gasteiger partial charge in [0.1, 0.15) is 0 Å². The van der Waals surface area contributed by atoms with Crippen molar-refractivity contribution in [1.82, 2.24) is 0 Å². The minimum absolute atomic E-state index is 1.02. The molecule has 1 aliphatic carbocycles. The van der Waals surface area contributed by atoms with E-state index in [2.05, 4.69) is 20.8 Å². The highest BCUT2D eigenvalue weighted by Gasteiger charge is 2.13. The first-order chi connectivity index (χ1) is 9.80. The lowest BCUT2D eigenvalue weighted by atomic mass is 9.85. The number of hydrogen-bond donors (Lipinski definition) is 0. The molecule has 1 saturated carbocycles. The summed E-state index contributed by atoms with van der Waals surface area (Å²) in [5.74, 6) is 3.07. The van der Waals surface area contributed by atoms with E-state index in [-0.39, 0.29) is 0 Å². The lowest BCUT2D eigenvalue weighted by molar-refractivity contribution is 0.321. The second kappa shape index (κ2) is 11.6. The zero-order chi connectivity index (χ0) is 14.6. The van der Waals surface area contributed by atoms with Crippen LogP contribution in [0.15, 0.2) is 0 Å². The predicted octanol–water partition coefficient (Wildman–Crippen LogP) is 7.37. The minimum atomic E-state index is 1.02.